The van der Waals surface area contributed by atoms with Crippen LogP contribution in [0, 0.1) is 5.82 Å². The van der Waals surface area contributed by atoms with Crippen molar-refractivity contribution in [1.82, 2.24) is 0 Å². The fourth-order valence-corrected chi connectivity index (χ4v) is 1.77. The van der Waals surface area contributed by atoms with Crippen molar-refractivity contribution < 1.29 is 9.50 Å². The molecule has 1 aromatic carbocycles. The molecule has 1 N–H and O–H groups in total. The molecular formula is C9H7Cl2FO. The van der Waals surface area contributed by atoms with Crippen LogP contribution in [0.2, 0.25) is 10.0 Å². The Morgan fingerprint density at radius 2 is 1.92 bits per heavy atom. The van der Waals surface area contributed by atoms with Crippen LogP contribution >= 0.6 is 23.2 Å². The van der Waals surface area contributed by atoms with Gasteiger partial charge in [-0.3, -0.25) is 0 Å². The van der Waals surface area contributed by atoms with Gasteiger partial charge in [0.1, 0.15) is 5.82 Å². The van der Waals surface area contributed by atoms with E-state index in [1.165, 1.54) is 6.07 Å². The van der Waals surface area contributed by atoms with Gasteiger partial charge in [0.2, 0.25) is 0 Å². The van der Waals surface area contributed by atoms with Gasteiger partial charge in [-0.2, -0.15) is 0 Å². The molecule has 0 radical (unpaired) electrons. The average molecular weight is 221 g/mol. The lowest BCUT2D eigenvalue weighted by Gasteiger charge is -2.11. The molecule has 0 aliphatic heterocycles. The van der Waals surface area contributed by atoms with Crippen molar-refractivity contribution in [3.63, 3.8) is 0 Å². The molecule has 0 atom stereocenters. The maximum Gasteiger partial charge on any atom is 0.143 e. The minimum atomic E-state index is -0.942. The standard InChI is InChI=1S/C9H7Cl2FO/c10-5-3-6(9(13)1-2-9)8(11)7(12)4-5/h3-4,13H,1-2H2. The molecule has 0 unspecified atom stereocenters. The summed E-state index contributed by atoms with van der Waals surface area (Å²) in [6, 6.07) is 2.65. The van der Waals surface area contributed by atoms with E-state index >= 15 is 0 Å². The largest absolute Gasteiger partial charge is 0.385 e. The summed E-state index contributed by atoms with van der Waals surface area (Å²) in [4.78, 5) is 0. The van der Waals surface area contributed by atoms with Gasteiger partial charge in [0, 0.05) is 10.6 Å². The third-order valence-electron chi connectivity index (χ3n) is 2.22. The lowest BCUT2D eigenvalue weighted by molar-refractivity contribution is 0.151. The van der Waals surface area contributed by atoms with Crippen LogP contribution < -0.4 is 0 Å². The first-order chi connectivity index (χ1) is 6.03. The molecule has 1 fully saturated rings. The normalized spacial score (nSPS) is 18.8. The molecule has 1 aliphatic rings. The molecule has 2 rings (SSSR count). The Hall–Kier alpha value is -0.310. The zero-order valence-electron chi connectivity index (χ0n) is 6.65. The Kier molecular flexibility index (Phi) is 2.02. The highest BCUT2D eigenvalue weighted by molar-refractivity contribution is 6.33. The topological polar surface area (TPSA) is 20.2 Å². The van der Waals surface area contributed by atoms with E-state index in [1.54, 1.807) is 0 Å². The van der Waals surface area contributed by atoms with Crippen molar-refractivity contribution >= 4 is 23.2 Å². The van der Waals surface area contributed by atoms with E-state index in [9.17, 15) is 9.50 Å². The smallest absolute Gasteiger partial charge is 0.143 e. The molecule has 0 bridgehead atoms. The second-order valence-electron chi connectivity index (χ2n) is 3.28. The summed E-state index contributed by atoms with van der Waals surface area (Å²) < 4.78 is 13.1. The first-order valence-corrected chi connectivity index (χ1v) is 4.66. The number of rotatable bonds is 1. The van der Waals surface area contributed by atoms with E-state index in [4.69, 9.17) is 23.2 Å². The van der Waals surface area contributed by atoms with E-state index in [0.29, 0.717) is 18.4 Å². The maximum absolute atomic E-state index is 13.1. The lowest BCUT2D eigenvalue weighted by Crippen LogP contribution is -2.06. The van der Waals surface area contributed by atoms with Crippen LogP contribution in [0.3, 0.4) is 0 Å². The highest BCUT2D eigenvalue weighted by Crippen LogP contribution is 2.48. The van der Waals surface area contributed by atoms with Crippen molar-refractivity contribution in [2.75, 3.05) is 0 Å². The van der Waals surface area contributed by atoms with E-state index in [-0.39, 0.29) is 10.0 Å². The lowest BCUT2D eigenvalue weighted by atomic mass is 10.1. The summed E-state index contributed by atoms with van der Waals surface area (Å²) in [5.41, 5.74) is -0.540. The van der Waals surface area contributed by atoms with Gasteiger partial charge in [0.05, 0.1) is 10.6 Å². The first-order valence-electron chi connectivity index (χ1n) is 3.90. The molecule has 1 saturated carbocycles. The van der Waals surface area contributed by atoms with Gasteiger partial charge in [-0.05, 0) is 25.0 Å². The third-order valence-corrected chi connectivity index (χ3v) is 2.82. The molecule has 1 nitrogen and oxygen atoms in total. The van der Waals surface area contributed by atoms with Crippen molar-refractivity contribution in [2.45, 2.75) is 18.4 Å². The predicted octanol–water partition coefficient (Wildman–Crippen LogP) is 3.11. The SMILES string of the molecule is OC1(c2cc(Cl)cc(F)c2Cl)CC1. The van der Waals surface area contributed by atoms with Gasteiger partial charge < -0.3 is 5.11 Å². The fourth-order valence-electron chi connectivity index (χ4n) is 1.28. The molecule has 1 aromatic rings. The molecule has 0 spiro atoms. The Labute approximate surface area is 85.1 Å². The Bertz CT molecular complexity index is 361. The second-order valence-corrected chi connectivity index (χ2v) is 4.10. The minimum absolute atomic E-state index is 0.0237. The molecule has 0 heterocycles. The number of hydrogen-bond donors (Lipinski definition) is 1. The average Bonchev–Trinajstić information content (AvgIpc) is 2.77. The minimum Gasteiger partial charge on any atom is -0.385 e. The third kappa shape index (κ3) is 1.54. The highest BCUT2D eigenvalue weighted by Gasteiger charge is 2.44. The van der Waals surface area contributed by atoms with Crippen molar-refractivity contribution in [1.29, 1.82) is 0 Å². The van der Waals surface area contributed by atoms with Gasteiger partial charge in [0.15, 0.2) is 0 Å². The van der Waals surface area contributed by atoms with Crippen molar-refractivity contribution in [2.24, 2.45) is 0 Å². The predicted molar refractivity (Wildman–Crippen MR) is 49.6 cm³/mol. The first kappa shape index (κ1) is 9.25. The number of benzene rings is 1. The Morgan fingerprint density at radius 3 is 2.46 bits per heavy atom. The van der Waals surface area contributed by atoms with Crippen LogP contribution in [0.25, 0.3) is 0 Å². The Balaban J connectivity index is 2.56. The van der Waals surface area contributed by atoms with E-state index in [2.05, 4.69) is 0 Å². The van der Waals surface area contributed by atoms with E-state index < -0.39 is 11.4 Å². The summed E-state index contributed by atoms with van der Waals surface area (Å²) in [7, 11) is 0. The molecule has 70 valence electrons. The molecular weight excluding hydrogens is 214 g/mol. The molecule has 0 saturated heterocycles. The zero-order valence-corrected chi connectivity index (χ0v) is 8.16. The van der Waals surface area contributed by atoms with Gasteiger partial charge >= 0.3 is 0 Å². The van der Waals surface area contributed by atoms with Crippen LogP contribution in [-0.4, -0.2) is 5.11 Å². The van der Waals surface area contributed by atoms with Gasteiger partial charge in [-0.15, -0.1) is 0 Å². The summed E-state index contributed by atoms with van der Waals surface area (Å²) in [5, 5.41) is 9.96. The maximum atomic E-state index is 13.1. The van der Waals surface area contributed by atoms with E-state index in [0.717, 1.165) is 6.07 Å². The van der Waals surface area contributed by atoms with Crippen molar-refractivity contribution in [3.8, 4) is 0 Å². The van der Waals surface area contributed by atoms with E-state index in [1.807, 2.05) is 0 Å². The molecule has 4 heteroatoms. The summed E-state index contributed by atoms with van der Waals surface area (Å²) in [5.74, 6) is -0.579. The fraction of sp³-hybridized carbons (Fsp3) is 0.333. The van der Waals surface area contributed by atoms with Crippen molar-refractivity contribution in [3.05, 3.63) is 33.6 Å². The van der Waals surface area contributed by atoms with Gasteiger partial charge in [-0.1, -0.05) is 23.2 Å². The molecule has 0 aromatic heterocycles. The van der Waals surface area contributed by atoms with Gasteiger partial charge in [0.25, 0.3) is 0 Å². The van der Waals surface area contributed by atoms with Crippen LogP contribution in [0.15, 0.2) is 12.1 Å². The summed E-state index contributed by atoms with van der Waals surface area (Å²) in [6.45, 7) is 0. The van der Waals surface area contributed by atoms with Crippen LogP contribution in [0.5, 0.6) is 0 Å². The Morgan fingerprint density at radius 1 is 1.31 bits per heavy atom. The zero-order chi connectivity index (χ0) is 9.64. The van der Waals surface area contributed by atoms with Gasteiger partial charge in [-0.25, -0.2) is 4.39 Å². The molecule has 13 heavy (non-hydrogen) atoms. The summed E-state index contributed by atoms with van der Waals surface area (Å²) in [6.07, 6.45) is 1.24. The second kappa shape index (κ2) is 2.84. The summed E-state index contributed by atoms with van der Waals surface area (Å²) >= 11 is 11.3. The number of aliphatic hydroxyl groups is 1. The number of hydrogen-bond acceptors (Lipinski definition) is 1. The molecule has 0 amide bonds. The van der Waals surface area contributed by atoms with Crippen LogP contribution in [0.1, 0.15) is 18.4 Å². The quantitative estimate of drug-likeness (QED) is 0.722. The highest BCUT2D eigenvalue weighted by atomic mass is 35.5. The van der Waals surface area contributed by atoms with Crippen LogP contribution in [0.4, 0.5) is 4.39 Å². The monoisotopic (exact) mass is 220 g/mol. The van der Waals surface area contributed by atoms with Crippen LogP contribution in [-0.2, 0) is 5.60 Å². The molecule has 1 aliphatic carbocycles. The number of halogens is 3.